The van der Waals surface area contributed by atoms with Gasteiger partial charge in [-0.05, 0) is 24.5 Å². The molecule has 0 aliphatic carbocycles. The monoisotopic (exact) mass is 164 g/mol. The van der Waals surface area contributed by atoms with E-state index in [1.165, 1.54) is 11.1 Å². The van der Waals surface area contributed by atoms with Gasteiger partial charge in [-0.15, -0.1) is 0 Å². The highest BCUT2D eigenvalue weighted by Crippen LogP contribution is 2.26. The van der Waals surface area contributed by atoms with Crippen LogP contribution < -0.4 is 10.1 Å². The van der Waals surface area contributed by atoms with E-state index in [9.17, 15) is 0 Å². The fourth-order valence-corrected chi connectivity index (χ4v) is 1.54. The first-order valence-electron chi connectivity index (χ1n) is 4.09. The molecule has 1 aromatic heterocycles. The fourth-order valence-electron chi connectivity index (χ4n) is 1.54. The predicted octanol–water partition coefficient (Wildman–Crippen LogP) is 1.37. The van der Waals surface area contributed by atoms with Crippen LogP contribution in [0.3, 0.4) is 0 Å². The molecule has 0 amide bonds. The first-order valence-corrected chi connectivity index (χ1v) is 4.09. The lowest BCUT2D eigenvalue weighted by Crippen LogP contribution is -1.95. The standard InChI is InChI=1S/C9H12N2O/c1-6-5-8(12-2)11-9-7(6)3-4-10-9/h5H,3-4H2,1-2H3,(H,10,11). The molecule has 3 heteroatoms. The van der Waals surface area contributed by atoms with E-state index >= 15 is 0 Å². The van der Waals surface area contributed by atoms with Gasteiger partial charge in [-0.3, -0.25) is 0 Å². The second-order valence-corrected chi connectivity index (χ2v) is 2.99. The van der Waals surface area contributed by atoms with E-state index in [0.29, 0.717) is 5.88 Å². The molecule has 3 nitrogen and oxygen atoms in total. The summed E-state index contributed by atoms with van der Waals surface area (Å²) in [7, 11) is 1.64. The van der Waals surface area contributed by atoms with Crippen LogP contribution in [-0.2, 0) is 6.42 Å². The van der Waals surface area contributed by atoms with Crippen molar-refractivity contribution in [2.75, 3.05) is 19.0 Å². The van der Waals surface area contributed by atoms with Crippen LogP contribution >= 0.6 is 0 Å². The van der Waals surface area contributed by atoms with Gasteiger partial charge in [0.05, 0.1) is 7.11 Å². The number of anilines is 1. The number of nitrogens with zero attached hydrogens (tertiary/aromatic N) is 1. The van der Waals surface area contributed by atoms with Gasteiger partial charge in [0.15, 0.2) is 0 Å². The van der Waals surface area contributed by atoms with Crippen molar-refractivity contribution in [1.82, 2.24) is 4.98 Å². The Balaban J connectivity index is 2.51. The number of aromatic nitrogens is 1. The highest BCUT2D eigenvalue weighted by atomic mass is 16.5. The number of nitrogens with one attached hydrogen (secondary N) is 1. The fraction of sp³-hybridized carbons (Fsp3) is 0.444. The van der Waals surface area contributed by atoms with Crippen LogP contribution in [0.5, 0.6) is 5.88 Å². The van der Waals surface area contributed by atoms with Crippen LogP contribution in [-0.4, -0.2) is 18.6 Å². The number of rotatable bonds is 1. The maximum Gasteiger partial charge on any atom is 0.215 e. The van der Waals surface area contributed by atoms with E-state index in [0.717, 1.165) is 18.8 Å². The lowest BCUT2D eigenvalue weighted by molar-refractivity contribution is 0.398. The van der Waals surface area contributed by atoms with Crippen molar-refractivity contribution in [2.24, 2.45) is 0 Å². The van der Waals surface area contributed by atoms with Crippen LogP contribution in [0.2, 0.25) is 0 Å². The summed E-state index contributed by atoms with van der Waals surface area (Å²) in [6.45, 7) is 3.09. The van der Waals surface area contributed by atoms with Crippen LogP contribution in [0.1, 0.15) is 11.1 Å². The molecule has 2 heterocycles. The topological polar surface area (TPSA) is 34.1 Å². The van der Waals surface area contributed by atoms with Crippen molar-refractivity contribution in [3.8, 4) is 5.88 Å². The summed E-state index contributed by atoms with van der Waals surface area (Å²) in [5.74, 6) is 1.69. The van der Waals surface area contributed by atoms with Crippen molar-refractivity contribution in [3.63, 3.8) is 0 Å². The molecule has 1 aliphatic rings. The van der Waals surface area contributed by atoms with E-state index in [1.54, 1.807) is 7.11 Å². The Kier molecular flexibility index (Phi) is 1.64. The predicted molar refractivity (Wildman–Crippen MR) is 47.7 cm³/mol. The molecule has 0 saturated heterocycles. The molecule has 1 aromatic rings. The number of fused-ring (bicyclic) bond motifs is 1. The Hall–Kier alpha value is -1.25. The average Bonchev–Trinajstić information content (AvgIpc) is 2.52. The second kappa shape index (κ2) is 2.66. The van der Waals surface area contributed by atoms with Crippen LogP contribution in [0.4, 0.5) is 5.82 Å². The summed E-state index contributed by atoms with van der Waals surface area (Å²) in [5.41, 5.74) is 2.60. The van der Waals surface area contributed by atoms with Gasteiger partial charge in [-0.1, -0.05) is 0 Å². The second-order valence-electron chi connectivity index (χ2n) is 2.99. The molecule has 0 spiro atoms. The average molecular weight is 164 g/mol. The summed E-state index contributed by atoms with van der Waals surface area (Å²) in [6.07, 6.45) is 1.08. The Morgan fingerprint density at radius 1 is 1.58 bits per heavy atom. The minimum atomic E-state index is 0.695. The van der Waals surface area contributed by atoms with Crippen molar-refractivity contribution in [2.45, 2.75) is 13.3 Å². The zero-order valence-electron chi connectivity index (χ0n) is 7.35. The number of ether oxygens (including phenoxy) is 1. The van der Waals surface area contributed by atoms with Gasteiger partial charge in [-0.25, -0.2) is 0 Å². The van der Waals surface area contributed by atoms with Gasteiger partial charge in [0.2, 0.25) is 5.88 Å². The maximum atomic E-state index is 5.07. The summed E-state index contributed by atoms with van der Waals surface area (Å²) in [5, 5.41) is 3.22. The molecule has 0 unspecified atom stereocenters. The molecular formula is C9H12N2O. The normalized spacial score (nSPS) is 13.8. The first-order chi connectivity index (χ1) is 5.81. The highest BCUT2D eigenvalue weighted by molar-refractivity contribution is 5.54. The third-order valence-electron chi connectivity index (χ3n) is 2.20. The Bertz CT molecular complexity index is 310. The van der Waals surface area contributed by atoms with Gasteiger partial charge >= 0.3 is 0 Å². The molecule has 1 N–H and O–H groups in total. The molecule has 0 aromatic carbocycles. The number of aryl methyl sites for hydroxylation is 1. The lowest BCUT2D eigenvalue weighted by Gasteiger charge is -2.05. The number of hydrogen-bond acceptors (Lipinski definition) is 3. The summed E-state index contributed by atoms with van der Waals surface area (Å²) in [4.78, 5) is 4.30. The SMILES string of the molecule is COc1cc(C)c2c(n1)NCC2. The van der Waals surface area contributed by atoms with Crippen LogP contribution in [0, 0.1) is 6.92 Å². The van der Waals surface area contributed by atoms with Crippen molar-refractivity contribution in [3.05, 3.63) is 17.2 Å². The molecule has 2 rings (SSSR count). The lowest BCUT2D eigenvalue weighted by atomic mass is 10.1. The van der Waals surface area contributed by atoms with E-state index in [2.05, 4.69) is 17.2 Å². The van der Waals surface area contributed by atoms with E-state index in [4.69, 9.17) is 4.74 Å². The molecule has 64 valence electrons. The Labute approximate surface area is 71.8 Å². The summed E-state index contributed by atoms with van der Waals surface area (Å²) >= 11 is 0. The molecule has 12 heavy (non-hydrogen) atoms. The van der Waals surface area contributed by atoms with Crippen molar-refractivity contribution >= 4 is 5.82 Å². The summed E-state index contributed by atoms with van der Waals surface area (Å²) in [6, 6.07) is 1.98. The zero-order chi connectivity index (χ0) is 8.55. The number of pyridine rings is 1. The largest absolute Gasteiger partial charge is 0.481 e. The molecule has 0 fully saturated rings. The number of hydrogen-bond donors (Lipinski definition) is 1. The molecule has 0 radical (unpaired) electrons. The zero-order valence-corrected chi connectivity index (χ0v) is 7.35. The maximum absolute atomic E-state index is 5.07. The third kappa shape index (κ3) is 1.02. The van der Waals surface area contributed by atoms with Crippen LogP contribution in [0.15, 0.2) is 6.07 Å². The third-order valence-corrected chi connectivity index (χ3v) is 2.20. The van der Waals surface area contributed by atoms with Crippen LogP contribution in [0.25, 0.3) is 0 Å². The summed E-state index contributed by atoms with van der Waals surface area (Å²) < 4.78 is 5.07. The Morgan fingerprint density at radius 3 is 3.17 bits per heavy atom. The van der Waals surface area contributed by atoms with Crippen molar-refractivity contribution < 1.29 is 4.74 Å². The molecule has 0 saturated carbocycles. The van der Waals surface area contributed by atoms with E-state index in [1.807, 2.05) is 6.07 Å². The Morgan fingerprint density at radius 2 is 2.42 bits per heavy atom. The molecule has 0 bridgehead atoms. The smallest absolute Gasteiger partial charge is 0.215 e. The van der Waals surface area contributed by atoms with Crippen molar-refractivity contribution in [1.29, 1.82) is 0 Å². The van der Waals surface area contributed by atoms with Gasteiger partial charge < -0.3 is 10.1 Å². The highest BCUT2D eigenvalue weighted by Gasteiger charge is 2.14. The minimum absolute atomic E-state index is 0.695. The molecular weight excluding hydrogens is 152 g/mol. The first kappa shape index (κ1) is 7.40. The quantitative estimate of drug-likeness (QED) is 0.680. The number of methoxy groups -OCH3 is 1. The van der Waals surface area contributed by atoms with E-state index in [-0.39, 0.29) is 0 Å². The molecule has 0 atom stereocenters. The van der Waals surface area contributed by atoms with Gasteiger partial charge in [0, 0.05) is 12.6 Å². The van der Waals surface area contributed by atoms with Gasteiger partial charge in [0.25, 0.3) is 0 Å². The minimum Gasteiger partial charge on any atom is -0.481 e. The van der Waals surface area contributed by atoms with Gasteiger partial charge in [0.1, 0.15) is 5.82 Å². The van der Waals surface area contributed by atoms with Gasteiger partial charge in [-0.2, -0.15) is 4.98 Å². The van der Waals surface area contributed by atoms with E-state index < -0.39 is 0 Å². The molecule has 1 aliphatic heterocycles.